The number of pyridine rings is 1. The molecule has 1 aliphatic heterocycles. The molecular weight excluding hydrogens is 534 g/mol. The topological polar surface area (TPSA) is 37.3 Å². The Bertz CT molecular complexity index is 2040. The molecule has 5 aromatic rings. The van der Waals surface area contributed by atoms with Crippen LogP contribution in [0.5, 0.6) is 0 Å². The van der Waals surface area contributed by atoms with Gasteiger partial charge in [-0.25, -0.2) is 0 Å². The molecule has 3 aliphatic rings. The Labute approximate surface area is 258 Å². The predicted octanol–water partition coefficient (Wildman–Crippen LogP) is 9.42. The molecule has 3 nitrogen and oxygen atoms in total. The molecule has 4 aromatic carbocycles. The fraction of sp³-hybridized carbons (Fsp3) is 0.122. The molecule has 1 aromatic heterocycles. The van der Waals surface area contributed by atoms with Gasteiger partial charge in [-0.15, -0.1) is 0 Å². The van der Waals surface area contributed by atoms with Crippen molar-refractivity contribution in [2.45, 2.75) is 31.7 Å². The normalized spacial score (nSPS) is 17.6. The molecular formula is C41H33N3. The van der Waals surface area contributed by atoms with Gasteiger partial charge in [-0.3, -0.25) is 9.98 Å². The lowest BCUT2D eigenvalue weighted by Crippen LogP contribution is -2.30. The van der Waals surface area contributed by atoms with Gasteiger partial charge in [0.2, 0.25) is 0 Å². The summed E-state index contributed by atoms with van der Waals surface area (Å²) in [6.07, 6.45) is 19.6. The van der Waals surface area contributed by atoms with E-state index < -0.39 is 0 Å². The number of hydrogen-bond donors (Lipinski definition) is 1. The Kier molecular flexibility index (Phi) is 6.84. The van der Waals surface area contributed by atoms with Crippen molar-refractivity contribution in [1.29, 1.82) is 0 Å². The molecule has 0 bridgehead atoms. The second-order valence-electron chi connectivity index (χ2n) is 11.7. The van der Waals surface area contributed by atoms with Crippen molar-refractivity contribution in [3.63, 3.8) is 0 Å². The van der Waals surface area contributed by atoms with E-state index in [0.717, 1.165) is 48.3 Å². The van der Waals surface area contributed by atoms with E-state index in [1.165, 1.54) is 49.7 Å². The molecule has 0 saturated carbocycles. The van der Waals surface area contributed by atoms with E-state index in [0.29, 0.717) is 0 Å². The molecule has 0 spiro atoms. The molecule has 1 atom stereocenters. The van der Waals surface area contributed by atoms with Crippen LogP contribution in [0.15, 0.2) is 144 Å². The quantitative estimate of drug-likeness (QED) is 0.230. The summed E-state index contributed by atoms with van der Waals surface area (Å²) in [5, 5.41) is 6.18. The van der Waals surface area contributed by atoms with Crippen LogP contribution >= 0.6 is 0 Å². The van der Waals surface area contributed by atoms with E-state index in [9.17, 15) is 0 Å². The number of aromatic nitrogens is 1. The number of benzene rings is 4. The maximum atomic E-state index is 5.32. The first-order valence-corrected chi connectivity index (χ1v) is 15.5. The Morgan fingerprint density at radius 1 is 0.682 bits per heavy atom. The molecule has 3 heteroatoms. The van der Waals surface area contributed by atoms with Gasteiger partial charge >= 0.3 is 0 Å². The standard InChI is InChI=1S/C41H33N3/c1-2-10-28(11-3-1)31-15-8-17-33(22-31)39-25-40(44-41(43-39)35-21-20-29-12-4-5-13-30(29)23-35)34-18-9-16-32(24-34)38-27-42-26-36-14-6-7-19-37(36)38/h1-6,9-14,16-18,20-27,39H,7-8,15,19H2,(H,43,44). The van der Waals surface area contributed by atoms with Crippen molar-refractivity contribution in [2.75, 3.05) is 0 Å². The molecule has 1 unspecified atom stereocenters. The lowest BCUT2D eigenvalue weighted by atomic mass is 9.89. The Balaban J connectivity index is 1.21. The van der Waals surface area contributed by atoms with Gasteiger partial charge in [0.1, 0.15) is 5.84 Å². The average molecular weight is 568 g/mol. The summed E-state index contributed by atoms with van der Waals surface area (Å²) >= 11 is 0. The summed E-state index contributed by atoms with van der Waals surface area (Å²) in [6, 6.07) is 34.6. The highest BCUT2D eigenvalue weighted by atomic mass is 15.0. The van der Waals surface area contributed by atoms with Crippen molar-refractivity contribution in [3.05, 3.63) is 167 Å². The number of nitrogens with zero attached hydrogens (tertiary/aromatic N) is 2. The molecule has 2 heterocycles. The van der Waals surface area contributed by atoms with Crippen LogP contribution < -0.4 is 5.32 Å². The van der Waals surface area contributed by atoms with Crippen LogP contribution in [0.2, 0.25) is 0 Å². The van der Waals surface area contributed by atoms with E-state index in [4.69, 9.17) is 4.99 Å². The molecule has 2 aliphatic carbocycles. The lowest BCUT2D eigenvalue weighted by Gasteiger charge is -2.26. The minimum absolute atomic E-state index is 0.0910. The van der Waals surface area contributed by atoms with Crippen LogP contribution in [0.1, 0.15) is 47.1 Å². The lowest BCUT2D eigenvalue weighted by molar-refractivity contribution is 0.906. The summed E-state index contributed by atoms with van der Waals surface area (Å²) in [5.74, 6) is 0.897. The molecule has 8 rings (SSSR count). The van der Waals surface area contributed by atoms with Gasteiger partial charge in [0, 0.05) is 29.2 Å². The highest BCUT2D eigenvalue weighted by Crippen LogP contribution is 2.34. The Hall–Kier alpha value is -5.28. The Morgan fingerprint density at radius 3 is 2.45 bits per heavy atom. The third-order valence-corrected chi connectivity index (χ3v) is 8.92. The second-order valence-corrected chi connectivity index (χ2v) is 11.7. The summed E-state index contributed by atoms with van der Waals surface area (Å²) in [6.45, 7) is 0. The van der Waals surface area contributed by atoms with Gasteiger partial charge in [0.25, 0.3) is 0 Å². The molecule has 0 saturated heterocycles. The van der Waals surface area contributed by atoms with Gasteiger partial charge < -0.3 is 5.32 Å². The fourth-order valence-electron chi connectivity index (χ4n) is 6.64. The van der Waals surface area contributed by atoms with E-state index in [-0.39, 0.29) is 6.04 Å². The van der Waals surface area contributed by atoms with Crippen LogP contribution in [0.25, 0.3) is 39.2 Å². The van der Waals surface area contributed by atoms with Crippen molar-refractivity contribution in [1.82, 2.24) is 10.3 Å². The molecule has 212 valence electrons. The summed E-state index contributed by atoms with van der Waals surface area (Å²) in [7, 11) is 0. The zero-order valence-electron chi connectivity index (χ0n) is 24.6. The average Bonchev–Trinajstić information content (AvgIpc) is 3.11. The third kappa shape index (κ3) is 5.11. The van der Waals surface area contributed by atoms with Gasteiger partial charge in [-0.2, -0.15) is 0 Å². The number of amidine groups is 1. The van der Waals surface area contributed by atoms with Gasteiger partial charge in [0.15, 0.2) is 0 Å². The monoisotopic (exact) mass is 567 g/mol. The fourth-order valence-corrected chi connectivity index (χ4v) is 6.64. The first-order chi connectivity index (χ1) is 21.8. The number of allylic oxidation sites excluding steroid dienone is 3. The predicted molar refractivity (Wildman–Crippen MR) is 184 cm³/mol. The number of fused-ring (bicyclic) bond motifs is 2. The van der Waals surface area contributed by atoms with Crippen LogP contribution in [-0.4, -0.2) is 16.9 Å². The van der Waals surface area contributed by atoms with Crippen molar-refractivity contribution < 1.29 is 0 Å². The first-order valence-electron chi connectivity index (χ1n) is 15.5. The van der Waals surface area contributed by atoms with Crippen LogP contribution in [0.4, 0.5) is 0 Å². The second kappa shape index (κ2) is 11.4. The van der Waals surface area contributed by atoms with Crippen molar-refractivity contribution in [3.8, 4) is 11.1 Å². The largest absolute Gasteiger partial charge is 0.340 e. The van der Waals surface area contributed by atoms with Crippen molar-refractivity contribution in [2.24, 2.45) is 4.99 Å². The van der Waals surface area contributed by atoms with E-state index in [1.807, 2.05) is 12.4 Å². The SMILES string of the molecule is C1=Cc2cncc(-c3cccc(C4=CC(C5=CCCC(c6ccccc6)=C5)N=C(c5ccc6ccccc6c5)N4)c3)c2CC1. The summed E-state index contributed by atoms with van der Waals surface area (Å²) in [5.41, 5.74) is 12.2. The number of nitrogens with one attached hydrogen (secondary N) is 1. The zero-order valence-corrected chi connectivity index (χ0v) is 24.6. The third-order valence-electron chi connectivity index (χ3n) is 8.92. The number of aliphatic imine (C=N–C) groups is 1. The minimum atomic E-state index is -0.0910. The summed E-state index contributed by atoms with van der Waals surface area (Å²) < 4.78 is 0. The molecule has 0 fully saturated rings. The number of hydrogen-bond acceptors (Lipinski definition) is 3. The molecule has 0 radical (unpaired) electrons. The number of rotatable bonds is 5. The maximum absolute atomic E-state index is 5.32. The molecule has 1 N–H and O–H groups in total. The van der Waals surface area contributed by atoms with Gasteiger partial charge in [-0.05, 0) is 93.6 Å². The van der Waals surface area contributed by atoms with E-state index in [1.54, 1.807) is 0 Å². The highest BCUT2D eigenvalue weighted by Gasteiger charge is 2.23. The zero-order chi connectivity index (χ0) is 29.3. The Morgan fingerprint density at radius 2 is 1.52 bits per heavy atom. The first kappa shape index (κ1) is 26.4. The minimum Gasteiger partial charge on any atom is -0.340 e. The van der Waals surface area contributed by atoms with Crippen LogP contribution in [0.3, 0.4) is 0 Å². The van der Waals surface area contributed by atoms with E-state index in [2.05, 4.69) is 138 Å². The summed E-state index contributed by atoms with van der Waals surface area (Å²) in [4.78, 5) is 9.91. The van der Waals surface area contributed by atoms with E-state index >= 15 is 0 Å². The van der Waals surface area contributed by atoms with Crippen molar-refractivity contribution >= 4 is 34.0 Å². The maximum Gasteiger partial charge on any atom is 0.133 e. The van der Waals surface area contributed by atoms with Gasteiger partial charge in [-0.1, -0.05) is 109 Å². The van der Waals surface area contributed by atoms with Gasteiger partial charge in [0.05, 0.1) is 6.04 Å². The van der Waals surface area contributed by atoms with Crippen LogP contribution in [-0.2, 0) is 6.42 Å². The highest BCUT2D eigenvalue weighted by molar-refractivity contribution is 6.07. The molecule has 44 heavy (non-hydrogen) atoms. The van der Waals surface area contributed by atoms with Crippen LogP contribution in [0, 0.1) is 0 Å². The molecule has 0 amide bonds. The smallest absolute Gasteiger partial charge is 0.133 e.